The zero-order valence-corrected chi connectivity index (χ0v) is 9.77. The van der Waals surface area contributed by atoms with E-state index in [0.717, 1.165) is 17.1 Å². The van der Waals surface area contributed by atoms with Gasteiger partial charge >= 0.3 is 0 Å². The summed E-state index contributed by atoms with van der Waals surface area (Å²) >= 11 is 1.67. The minimum Gasteiger partial charge on any atom is -0.396 e. The highest BCUT2D eigenvalue weighted by molar-refractivity contribution is 14.0. The molecule has 4 heteroatoms. The SMILES string of the molecule is Cc1nc(C)c(CCO)s1.I. The highest BCUT2D eigenvalue weighted by Crippen LogP contribution is 2.16. The Balaban J connectivity index is 0.000001000. The van der Waals surface area contributed by atoms with Gasteiger partial charge in [0.1, 0.15) is 0 Å². The zero-order chi connectivity index (χ0) is 7.56. The Morgan fingerprint density at radius 2 is 2.09 bits per heavy atom. The summed E-state index contributed by atoms with van der Waals surface area (Å²) in [4.78, 5) is 5.45. The fourth-order valence-corrected chi connectivity index (χ4v) is 1.83. The maximum atomic E-state index is 8.63. The lowest BCUT2D eigenvalue weighted by molar-refractivity contribution is 0.300. The highest BCUT2D eigenvalue weighted by atomic mass is 127. The topological polar surface area (TPSA) is 33.1 Å². The minimum atomic E-state index is 0. The van der Waals surface area contributed by atoms with Crippen LogP contribution in [0.5, 0.6) is 0 Å². The number of halogens is 1. The molecule has 0 spiro atoms. The van der Waals surface area contributed by atoms with E-state index in [1.807, 2.05) is 13.8 Å². The molecule has 1 rings (SSSR count). The van der Waals surface area contributed by atoms with Crippen molar-refractivity contribution in [2.75, 3.05) is 6.61 Å². The van der Waals surface area contributed by atoms with Crippen molar-refractivity contribution in [1.82, 2.24) is 4.98 Å². The van der Waals surface area contributed by atoms with Crippen LogP contribution in [0, 0.1) is 13.8 Å². The van der Waals surface area contributed by atoms with Gasteiger partial charge in [0.25, 0.3) is 0 Å². The number of aliphatic hydroxyl groups is 1. The second kappa shape index (κ2) is 5.05. The van der Waals surface area contributed by atoms with Gasteiger partial charge in [-0.15, -0.1) is 35.3 Å². The molecular formula is C7H12INOS. The molecule has 1 aromatic heterocycles. The number of aliphatic hydroxyl groups excluding tert-OH is 1. The summed E-state index contributed by atoms with van der Waals surface area (Å²) in [5.74, 6) is 0. The molecule has 1 N–H and O–H groups in total. The van der Waals surface area contributed by atoms with Crippen molar-refractivity contribution in [1.29, 1.82) is 0 Å². The van der Waals surface area contributed by atoms with Crippen molar-refractivity contribution in [3.8, 4) is 0 Å². The van der Waals surface area contributed by atoms with Gasteiger partial charge in [-0.05, 0) is 13.8 Å². The summed E-state index contributed by atoms with van der Waals surface area (Å²) in [7, 11) is 0. The summed E-state index contributed by atoms with van der Waals surface area (Å²) in [6.45, 7) is 4.19. The molecule has 11 heavy (non-hydrogen) atoms. The predicted molar refractivity (Wildman–Crippen MR) is 57.8 cm³/mol. The van der Waals surface area contributed by atoms with Crippen molar-refractivity contribution in [2.24, 2.45) is 0 Å². The molecule has 0 amide bonds. The Morgan fingerprint density at radius 3 is 2.45 bits per heavy atom. The molecule has 0 aliphatic rings. The van der Waals surface area contributed by atoms with Gasteiger partial charge in [0, 0.05) is 17.9 Å². The minimum absolute atomic E-state index is 0. The number of aryl methyl sites for hydroxylation is 2. The van der Waals surface area contributed by atoms with E-state index < -0.39 is 0 Å². The zero-order valence-electron chi connectivity index (χ0n) is 6.63. The Bertz CT molecular complexity index is 224. The normalized spacial score (nSPS) is 9.36. The number of rotatable bonds is 2. The van der Waals surface area contributed by atoms with E-state index in [-0.39, 0.29) is 30.6 Å². The monoisotopic (exact) mass is 285 g/mol. The summed E-state index contributed by atoms with van der Waals surface area (Å²) in [5, 5.41) is 9.72. The van der Waals surface area contributed by atoms with Crippen LogP contribution in [-0.2, 0) is 6.42 Å². The Kier molecular flexibility index (Phi) is 5.20. The molecule has 0 saturated heterocycles. The van der Waals surface area contributed by atoms with Crippen molar-refractivity contribution < 1.29 is 5.11 Å². The molecule has 1 aromatic rings. The fraction of sp³-hybridized carbons (Fsp3) is 0.571. The number of nitrogens with zero attached hydrogens (tertiary/aromatic N) is 1. The smallest absolute Gasteiger partial charge is 0.0900 e. The largest absolute Gasteiger partial charge is 0.396 e. The highest BCUT2D eigenvalue weighted by Gasteiger charge is 2.02. The van der Waals surface area contributed by atoms with E-state index in [0.29, 0.717) is 0 Å². The van der Waals surface area contributed by atoms with Gasteiger partial charge in [-0.25, -0.2) is 4.98 Å². The number of aromatic nitrogens is 1. The molecule has 0 saturated carbocycles. The van der Waals surface area contributed by atoms with Crippen LogP contribution in [0.4, 0.5) is 0 Å². The first-order chi connectivity index (χ1) is 4.74. The van der Waals surface area contributed by atoms with Crippen LogP contribution in [0.25, 0.3) is 0 Å². The molecule has 0 aromatic carbocycles. The molecule has 0 atom stereocenters. The maximum absolute atomic E-state index is 8.63. The molecule has 1 heterocycles. The van der Waals surface area contributed by atoms with Gasteiger partial charge in [-0.1, -0.05) is 0 Å². The van der Waals surface area contributed by atoms with Gasteiger partial charge in [-0.2, -0.15) is 0 Å². The van der Waals surface area contributed by atoms with Crippen molar-refractivity contribution in [2.45, 2.75) is 20.3 Å². The lowest BCUT2D eigenvalue weighted by Crippen LogP contribution is -1.88. The Morgan fingerprint density at radius 1 is 1.45 bits per heavy atom. The number of thiazole rings is 1. The van der Waals surface area contributed by atoms with Crippen LogP contribution < -0.4 is 0 Å². The van der Waals surface area contributed by atoms with Crippen LogP contribution in [0.3, 0.4) is 0 Å². The molecule has 0 radical (unpaired) electrons. The van der Waals surface area contributed by atoms with E-state index in [2.05, 4.69) is 4.98 Å². The van der Waals surface area contributed by atoms with Crippen LogP contribution in [0.1, 0.15) is 15.6 Å². The van der Waals surface area contributed by atoms with Crippen LogP contribution in [-0.4, -0.2) is 16.7 Å². The molecule has 0 aliphatic heterocycles. The van der Waals surface area contributed by atoms with E-state index in [1.165, 1.54) is 4.88 Å². The van der Waals surface area contributed by atoms with Gasteiger partial charge < -0.3 is 5.11 Å². The van der Waals surface area contributed by atoms with Crippen LogP contribution >= 0.6 is 35.3 Å². The van der Waals surface area contributed by atoms with E-state index in [1.54, 1.807) is 11.3 Å². The molecule has 0 aliphatic carbocycles. The third kappa shape index (κ3) is 3.04. The molecule has 0 unspecified atom stereocenters. The van der Waals surface area contributed by atoms with Gasteiger partial charge in [0.05, 0.1) is 10.7 Å². The van der Waals surface area contributed by atoms with Crippen molar-refractivity contribution in [3.63, 3.8) is 0 Å². The average Bonchev–Trinajstić information content (AvgIpc) is 2.13. The molecular weight excluding hydrogens is 273 g/mol. The lowest BCUT2D eigenvalue weighted by atomic mass is 10.3. The molecule has 0 fully saturated rings. The van der Waals surface area contributed by atoms with Crippen LogP contribution in [0.15, 0.2) is 0 Å². The average molecular weight is 285 g/mol. The summed E-state index contributed by atoms with van der Waals surface area (Å²) < 4.78 is 0. The van der Waals surface area contributed by atoms with Gasteiger partial charge in [-0.3, -0.25) is 0 Å². The maximum Gasteiger partial charge on any atom is 0.0900 e. The Hall–Kier alpha value is 0.320. The van der Waals surface area contributed by atoms with Gasteiger partial charge in [0.15, 0.2) is 0 Å². The van der Waals surface area contributed by atoms with Crippen LogP contribution in [0.2, 0.25) is 0 Å². The summed E-state index contributed by atoms with van der Waals surface area (Å²) in [5.41, 5.74) is 1.07. The van der Waals surface area contributed by atoms with E-state index in [9.17, 15) is 0 Å². The van der Waals surface area contributed by atoms with E-state index in [4.69, 9.17) is 5.11 Å². The summed E-state index contributed by atoms with van der Waals surface area (Å²) in [6.07, 6.45) is 0.747. The third-order valence-electron chi connectivity index (χ3n) is 1.34. The van der Waals surface area contributed by atoms with Crippen molar-refractivity contribution >= 4 is 35.3 Å². The Labute approximate surface area is 87.7 Å². The third-order valence-corrected chi connectivity index (χ3v) is 2.47. The molecule has 64 valence electrons. The van der Waals surface area contributed by atoms with Gasteiger partial charge in [0.2, 0.25) is 0 Å². The van der Waals surface area contributed by atoms with E-state index >= 15 is 0 Å². The standard InChI is InChI=1S/C7H11NOS.HI/c1-5-7(3-4-9)10-6(2)8-5;/h9H,3-4H2,1-2H3;1H. The fourth-order valence-electron chi connectivity index (χ4n) is 0.907. The lowest BCUT2D eigenvalue weighted by Gasteiger charge is -1.90. The second-order valence-corrected chi connectivity index (χ2v) is 3.50. The molecule has 2 nitrogen and oxygen atoms in total. The number of hydrogen-bond acceptors (Lipinski definition) is 3. The number of hydrogen-bond donors (Lipinski definition) is 1. The summed E-state index contributed by atoms with van der Waals surface area (Å²) in [6, 6.07) is 0. The first-order valence-corrected chi connectivity index (χ1v) is 4.09. The quantitative estimate of drug-likeness (QED) is 0.842. The first-order valence-electron chi connectivity index (χ1n) is 3.28. The molecule has 0 bridgehead atoms. The first kappa shape index (κ1) is 11.3. The predicted octanol–water partition coefficient (Wildman–Crippen LogP) is 1.91. The second-order valence-electron chi connectivity index (χ2n) is 2.22. The van der Waals surface area contributed by atoms with Crippen molar-refractivity contribution in [3.05, 3.63) is 15.6 Å².